The van der Waals surface area contributed by atoms with Crippen LogP contribution in [0.3, 0.4) is 0 Å². The van der Waals surface area contributed by atoms with E-state index in [9.17, 15) is 9.18 Å². The van der Waals surface area contributed by atoms with Crippen LogP contribution in [0.15, 0.2) is 36.4 Å². The van der Waals surface area contributed by atoms with Gasteiger partial charge in [0, 0.05) is 11.1 Å². The van der Waals surface area contributed by atoms with Crippen molar-refractivity contribution in [2.24, 2.45) is 0 Å². The minimum absolute atomic E-state index is 0.0302. The first kappa shape index (κ1) is 13.8. The summed E-state index contributed by atoms with van der Waals surface area (Å²) >= 11 is 11.6. The van der Waals surface area contributed by atoms with Crippen LogP contribution >= 0.6 is 23.2 Å². The molecule has 0 aliphatic heterocycles. The van der Waals surface area contributed by atoms with Crippen LogP contribution < -0.4 is 4.74 Å². The molecule has 0 fully saturated rings. The lowest BCUT2D eigenvalue weighted by atomic mass is 10.0. The summed E-state index contributed by atoms with van der Waals surface area (Å²) in [4.78, 5) is 12.2. The number of carbonyl (C=O) groups excluding carboxylic acids is 1. The second-order valence-corrected chi connectivity index (χ2v) is 4.62. The Morgan fingerprint density at radius 3 is 2.42 bits per heavy atom. The third kappa shape index (κ3) is 2.88. The molecule has 0 aromatic heterocycles. The van der Waals surface area contributed by atoms with E-state index in [-0.39, 0.29) is 27.0 Å². The summed E-state index contributed by atoms with van der Waals surface area (Å²) in [6.45, 7) is 0. The molecule has 0 radical (unpaired) electrons. The lowest BCUT2D eigenvalue weighted by Gasteiger charge is -2.06. The van der Waals surface area contributed by atoms with Crippen molar-refractivity contribution >= 4 is 29.0 Å². The van der Waals surface area contributed by atoms with Gasteiger partial charge >= 0.3 is 0 Å². The van der Waals surface area contributed by atoms with Crippen molar-refractivity contribution in [3.63, 3.8) is 0 Å². The fourth-order valence-corrected chi connectivity index (χ4v) is 1.97. The molecule has 0 spiro atoms. The van der Waals surface area contributed by atoms with E-state index in [4.69, 9.17) is 27.9 Å². The molecule has 0 atom stereocenters. The van der Waals surface area contributed by atoms with Gasteiger partial charge in [-0.2, -0.15) is 0 Å². The Hall–Kier alpha value is -1.58. The van der Waals surface area contributed by atoms with Gasteiger partial charge in [-0.3, -0.25) is 4.79 Å². The lowest BCUT2D eigenvalue weighted by molar-refractivity contribution is 0.103. The molecule has 0 saturated heterocycles. The van der Waals surface area contributed by atoms with Crippen molar-refractivity contribution in [3.05, 3.63) is 63.4 Å². The van der Waals surface area contributed by atoms with Crippen LogP contribution in [0.25, 0.3) is 0 Å². The molecule has 5 heteroatoms. The molecule has 2 rings (SSSR count). The van der Waals surface area contributed by atoms with E-state index < -0.39 is 5.82 Å². The van der Waals surface area contributed by atoms with E-state index in [0.29, 0.717) is 5.75 Å². The Labute approximate surface area is 119 Å². The van der Waals surface area contributed by atoms with Gasteiger partial charge in [-0.05, 0) is 36.4 Å². The molecule has 0 bridgehead atoms. The summed E-state index contributed by atoms with van der Waals surface area (Å²) in [7, 11) is 1.50. The van der Waals surface area contributed by atoms with Gasteiger partial charge in [0.1, 0.15) is 11.6 Å². The zero-order valence-corrected chi connectivity index (χ0v) is 11.4. The highest BCUT2D eigenvalue weighted by molar-refractivity contribution is 6.35. The number of ether oxygens (including phenoxy) is 1. The molecule has 0 aliphatic rings. The highest BCUT2D eigenvalue weighted by Gasteiger charge is 2.15. The Morgan fingerprint density at radius 1 is 1.11 bits per heavy atom. The first-order chi connectivity index (χ1) is 9.02. The second kappa shape index (κ2) is 5.59. The number of methoxy groups -OCH3 is 1. The summed E-state index contributed by atoms with van der Waals surface area (Å²) in [6, 6.07) is 8.56. The van der Waals surface area contributed by atoms with Crippen LogP contribution in [0.2, 0.25) is 10.0 Å². The molecule has 2 aromatic rings. The highest BCUT2D eigenvalue weighted by Crippen LogP contribution is 2.25. The predicted octanol–water partition coefficient (Wildman–Crippen LogP) is 4.37. The largest absolute Gasteiger partial charge is 0.497 e. The molecule has 0 unspecified atom stereocenters. The number of rotatable bonds is 3. The van der Waals surface area contributed by atoms with Crippen molar-refractivity contribution in [1.29, 1.82) is 0 Å². The third-order valence-corrected chi connectivity index (χ3v) is 3.22. The van der Waals surface area contributed by atoms with Crippen LogP contribution in [-0.2, 0) is 0 Å². The number of halogens is 3. The molecule has 19 heavy (non-hydrogen) atoms. The Morgan fingerprint density at radius 2 is 1.84 bits per heavy atom. The minimum Gasteiger partial charge on any atom is -0.497 e. The molecular formula is C14H9Cl2FO2. The predicted molar refractivity (Wildman–Crippen MR) is 72.8 cm³/mol. The molecule has 2 nitrogen and oxygen atoms in total. The number of carbonyl (C=O) groups is 1. The standard InChI is InChI=1S/C14H9Cl2FO2/c1-19-9-3-4-10(12(16)7-9)14(18)8-2-5-11(15)13(17)6-8/h2-7H,1H3. The van der Waals surface area contributed by atoms with Crippen LogP contribution in [-0.4, -0.2) is 12.9 Å². The van der Waals surface area contributed by atoms with Crippen LogP contribution in [0.5, 0.6) is 5.75 Å². The average Bonchev–Trinajstić information content (AvgIpc) is 2.41. The van der Waals surface area contributed by atoms with Gasteiger partial charge in [0.15, 0.2) is 5.78 Å². The molecular weight excluding hydrogens is 290 g/mol. The van der Waals surface area contributed by atoms with Gasteiger partial charge in [-0.25, -0.2) is 4.39 Å². The molecule has 0 heterocycles. The van der Waals surface area contributed by atoms with E-state index in [0.717, 1.165) is 6.07 Å². The number of hydrogen-bond acceptors (Lipinski definition) is 2. The second-order valence-electron chi connectivity index (χ2n) is 3.80. The lowest BCUT2D eigenvalue weighted by Crippen LogP contribution is -2.03. The number of hydrogen-bond donors (Lipinski definition) is 0. The third-order valence-electron chi connectivity index (χ3n) is 2.60. The summed E-state index contributed by atoms with van der Waals surface area (Å²) in [5.74, 6) is -0.468. The van der Waals surface area contributed by atoms with Gasteiger partial charge in [-0.1, -0.05) is 23.2 Å². The zero-order chi connectivity index (χ0) is 14.0. The SMILES string of the molecule is COc1ccc(C(=O)c2ccc(Cl)c(F)c2)c(Cl)c1. The maximum absolute atomic E-state index is 13.3. The summed E-state index contributed by atoms with van der Waals surface area (Å²) in [6.07, 6.45) is 0. The van der Waals surface area contributed by atoms with Gasteiger partial charge in [0.05, 0.1) is 17.2 Å². The molecule has 0 N–H and O–H groups in total. The van der Waals surface area contributed by atoms with Gasteiger partial charge in [-0.15, -0.1) is 0 Å². The van der Waals surface area contributed by atoms with Crippen molar-refractivity contribution in [2.75, 3.05) is 7.11 Å². The Balaban J connectivity index is 2.41. The Bertz CT molecular complexity index is 641. The minimum atomic E-state index is -0.642. The van der Waals surface area contributed by atoms with Crippen LogP contribution in [0.1, 0.15) is 15.9 Å². The summed E-state index contributed by atoms with van der Waals surface area (Å²) in [5.41, 5.74) is 0.471. The molecule has 0 amide bonds. The van der Waals surface area contributed by atoms with Gasteiger partial charge in [0.2, 0.25) is 0 Å². The molecule has 2 aromatic carbocycles. The zero-order valence-electron chi connectivity index (χ0n) is 9.91. The highest BCUT2D eigenvalue weighted by atomic mass is 35.5. The topological polar surface area (TPSA) is 26.3 Å². The fraction of sp³-hybridized carbons (Fsp3) is 0.0714. The van der Waals surface area contributed by atoms with Gasteiger partial charge < -0.3 is 4.74 Å². The van der Waals surface area contributed by atoms with Crippen LogP contribution in [0.4, 0.5) is 4.39 Å². The summed E-state index contributed by atoms with van der Waals surface area (Å²) in [5, 5.41) is 0.220. The Kier molecular flexibility index (Phi) is 4.08. The van der Waals surface area contributed by atoms with Crippen molar-refractivity contribution in [3.8, 4) is 5.75 Å². The summed E-state index contributed by atoms with van der Waals surface area (Å²) < 4.78 is 18.3. The van der Waals surface area contributed by atoms with E-state index in [1.54, 1.807) is 6.07 Å². The number of benzene rings is 2. The normalized spacial score (nSPS) is 10.3. The number of ketones is 1. The molecule has 0 saturated carbocycles. The quantitative estimate of drug-likeness (QED) is 0.787. The fourth-order valence-electron chi connectivity index (χ4n) is 1.60. The maximum Gasteiger partial charge on any atom is 0.194 e. The average molecular weight is 299 g/mol. The molecule has 0 aliphatic carbocycles. The smallest absolute Gasteiger partial charge is 0.194 e. The van der Waals surface area contributed by atoms with E-state index in [2.05, 4.69) is 0 Å². The first-order valence-corrected chi connectivity index (χ1v) is 6.12. The first-order valence-electron chi connectivity index (χ1n) is 5.36. The maximum atomic E-state index is 13.3. The van der Waals surface area contributed by atoms with E-state index in [1.807, 2.05) is 0 Å². The van der Waals surface area contributed by atoms with Gasteiger partial charge in [0.25, 0.3) is 0 Å². The van der Waals surface area contributed by atoms with Crippen LogP contribution in [0, 0.1) is 5.82 Å². The monoisotopic (exact) mass is 298 g/mol. The van der Waals surface area contributed by atoms with E-state index in [1.165, 1.54) is 31.4 Å². The van der Waals surface area contributed by atoms with Crippen molar-refractivity contribution < 1.29 is 13.9 Å². The van der Waals surface area contributed by atoms with Crippen molar-refractivity contribution in [1.82, 2.24) is 0 Å². The van der Waals surface area contributed by atoms with Crippen molar-refractivity contribution in [2.45, 2.75) is 0 Å². The van der Waals surface area contributed by atoms with E-state index >= 15 is 0 Å². The molecule has 98 valence electrons.